The van der Waals surface area contributed by atoms with Crippen molar-refractivity contribution in [3.63, 3.8) is 0 Å². The maximum atomic E-state index is 13.5. The molecule has 0 bridgehead atoms. The van der Waals surface area contributed by atoms with E-state index in [0.29, 0.717) is 6.42 Å². The topological polar surface area (TPSA) is 20.3 Å². The minimum Gasteiger partial charge on any atom is -0.336 e. The average molecular weight is 346 g/mol. The summed E-state index contributed by atoms with van der Waals surface area (Å²) in [4.78, 5) is 14.5. The number of rotatable bonds is 5. The van der Waals surface area contributed by atoms with Gasteiger partial charge in [-0.2, -0.15) is 0 Å². The van der Waals surface area contributed by atoms with Gasteiger partial charge in [-0.3, -0.25) is 4.79 Å². The number of hydrogen-bond acceptors (Lipinski definition) is 1. The van der Waals surface area contributed by atoms with Gasteiger partial charge >= 0.3 is 0 Å². The number of carbonyl (C=O) groups excluding carboxylic acids is 1. The van der Waals surface area contributed by atoms with Crippen molar-refractivity contribution in [3.05, 3.63) is 70.5 Å². The zero-order chi connectivity index (χ0) is 16.9. The van der Waals surface area contributed by atoms with E-state index < -0.39 is 0 Å². The molecule has 2 nitrogen and oxygen atoms in total. The third kappa shape index (κ3) is 4.15. The van der Waals surface area contributed by atoms with Crippen LogP contribution in [0.3, 0.4) is 0 Å². The maximum absolute atomic E-state index is 13.5. The summed E-state index contributed by atoms with van der Waals surface area (Å²) >= 11 is 5.88. The van der Waals surface area contributed by atoms with E-state index in [4.69, 9.17) is 11.6 Å². The molecule has 1 aliphatic heterocycles. The summed E-state index contributed by atoms with van der Waals surface area (Å²) in [5.74, 6) is -0.0785. The quantitative estimate of drug-likeness (QED) is 0.732. The second kappa shape index (κ2) is 7.80. The molecule has 126 valence electrons. The molecule has 0 aromatic heterocycles. The highest BCUT2D eigenvalue weighted by Gasteiger charge is 2.29. The molecular formula is C20H21ClFNO. The minimum atomic E-state index is -0.241. The van der Waals surface area contributed by atoms with Gasteiger partial charge in [0.25, 0.3) is 0 Å². The zero-order valence-electron chi connectivity index (χ0n) is 13.6. The first-order chi connectivity index (χ1) is 11.6. The molecule has 24 heavy (non-hydrogen) atoms. The van der Waals surface area contributed by atoms with E-state index in [1.807, 2.05) is 35.2 Å². The van der Waals surface area contributed by atoms with Crippen LogP contribution in [-0.2, 0) is 11.2 Å². The Morgan fingerprint density at radius 2 is 2.00 bits per heavy atom. The number of nitrogens with zero attached hydrogens (tertiary/aromatic N) is 1. The van der Waals surface area contributed by atoms with Crippen molar-refractivity contribution in [3.8, 4) is 0 Å². The zero-order valence-corrected chi connectivity index (χ0v) is 14.3. The molecule has 1 saturated heterocycles. The number of halogens is 2. The van der Waals surface area contributed by atoms with Gasteiger partial charge in [-0.1, -0.05) is 35.9 Å². The molecule has 0 unspecified atom stereocenters. The molecule has 1 amide bonds. The smallest absolute Gasteiger partial charge is 0.223 e. The number of likely N-dealkylation sites (tertiary alicyclic amines) is 1. The Labute approximate surface area is 147 Å². The van der Waals surface area contributed by atoms with E-state index in [0.717, 1.165) is 42.8 Å². The lowest BCUT2D eigenvalue weighted by molar-refractivity contribution is -0.132. The number of aryl methyl sites for hydroxylation is 1. The molecule has 1 heterocycles. The van der Waals surface area contributed by atoms with E-state index in [-0.39, 0.29) is 17.8 Å². The van der Waals surface area contributed by atoms with Gasteiger partial charge in [0.05, 0.1) is 6.04 Å². The number of hydrogen-bond donors (Lipinski definition) is 0. The van der Waals surface area contributed by atoms with E-state index in [9.17, 15) is 9.18 Å². The molecular weight excluding hydrogens is 325 g/mol. The van der Waals surface area contributed by atoms with Crippen LogP contribution in [0.1, 0.15) is 42.9 Å². The standard InChI is InChI=1S/C20H21ClFNO/c21-17-11-9-15(10-12-17)4-1-8-20(24)23-13-3-7-19(23)16-5-2-6-18(22)14-16/h2,5-6,9-12,14,19H,1,3-4,7-8,13H2/t19-/m1/s1. The first-order valence-corrected chi connectivity index (χ1v) is 8.80. The normalized spacial score (nSPS) is 17.2. The summed E-state index contributed by atoms with van der Waals surface area (Å²) in [5, 5.41) is 0.727. The van der Waals surface area contributed by atoms with Gasteiger partial charge in [-0.05, 0) is 61.1 Å². The number of amides is 1. The van der Waals surface area contributed by atoms with E-state index >= 15 is 0 Å². The monoisotopic (exact) mass is 345 g/mol. The van der Waals surface area contributed by atoms with Gasteiger partial charge in [-0.25, -0.2) is 4.39 Å². The van der Waals surface area contributed by atoms with Crippen LogP contribution in [-0.4, -0.2) is 17.4 Å². The van der Waals surface area contributed by atoms with Crippen molar-refractivity contribution in [2.45, 2.75) is 38.1 Å². The summed E-state index contributed by atoms with van der Waals surface area (Å²) < 4.78 is 13.5. The fourth-order valence-electron chi connectivity index (χ4n) is 3.36. The van der Waals surface area contributed by atoms with Crippen molar-refractivity contribution < 1.29 is 9.18 Å². The second-order valence-electron chi connectivity index (χ2n) is 6.28. The lowest BCUT2D eigenvalue weighted by Crippen LogP contribution is -2.30. The molecule has 0 spiro atoms. The van der Waals surface area contributed by atoms with Crippen molar-refractivity contribution in [1.82, 2.24) is 4.90 Å². The van der Waals surface area contributed by atoms with Crippen LogP contribution in [0.2, 0.25) is 5.02 Å². The Morgan fingerprint density at radius 3 is 2.75 bits per heavy atom. The maximum Gasteiger partial charge on any atom is 0.223 e. The summed E-state index contributed by atoms with van der Waals surface area (Å²) in [6, 6.07) is 14.4. The number of carbonyl (C=O) groups is 1. The van der Waals surface area contributed by atoms with E-state index in [1.165, 1.54) is 11.6 Å². The molecule has 1 fully saturated rings. The highest BCUT2D eigenvalue weighted by Crippen LogP contribution is 2.32. The number of benzene rings is 2. The molecule has 2 aromatic rings. The highest BCUT2D eigenvalue weighted by molar-refractivity contribution is 6.30. The Balaban J connectivity index is 1.56. The SMILES string of the molecule is O=C(CCCc1ccc(Cl)cc1)N1CCC[C@@H]1c1cccc(F)c1. The van der Waals surface area contributed by atoms with E-state index in [1.54, 1.807) is 12.1 Å². The van der Waals surface area contributed by atoms with Gasteiger partial charge in [0.15, 0.2) is 0 Å². The second-order valence-corrected chi connectivity index (χ2v) is 6.72. The average Bonchev–Trinajstić information content (AvgIpc) is 3.06. The molecule has 2 aromatic carbocycles. The Bertz CT molecular complexity index is 701. The van der Waals surface area contributed by atoms with Crippen LogP contribution in [0.4, 0.5) is 4.39 Å². The highest BCUT2D eigenvalue weighted by atomic mass is 35.5. The molecule has 1 atom stereocenters. The van der Waals surface area contributed by atoms with Gasteiger partial charge in [0.1, 0.15) is 5.82 Å². The largest absolute Gasteiger partial charge is 0.336 e. The Kier molecular flexibility index (Phi) is 5.52. The fourth-order valence-corrected chi connectivity index (χ4v) is 3.49. The molecule has 0 radical (unpaired) electrons. The van der Waals surface area contributed by atoms with Crippen molar-refractivity contribution in [2.75, 3.05) is 6.54 Å². The van der Waals surface area contributed by atoms with Crippen LogP contribution in [0.15, 0.2) is 48.5 Å². The molecule has 0 saturated carbocycles. The summed E-state index contributed by atoms with van der Waals surface area (Å²) in [6.07, 6.45) is 4.08. The first-order valence-electron chi connectivity index (χ1n) is 8.43. The summed E-state index contributed by atoms with van der Waals surface area (Å²) in [5.41, 5.74) is 2.09. The van der Waals surface area contributed by atoms with Crippen molar-refractivity contribution >= 4 is 17.5 Å². The molecule has 0 aliphatic carbocycles. The molecule has 1 aliphatic rings. The lowest BCUT2D eigenvalue weighted by atomic mass is 10.0. The van der Waals surface area contributed by atoms with Crippen LogP contribution in [0.25, 0.3) is 0 Å². The Hall–Kier alpha value is -1.87. The molecule has 0 N–H and O–H groups in total. The van der Waals surface area contributed by atoms with Crippen molar-refractivity contribution in [1.29, 1.82) is 0 Å². The molecule has 3 rings (SSSR count). The minimum absolute atomic E-state index is 0.0173. The van der Waals surface area contributed by atoms with Gasteiger partial charge in [0.2, 0.25) is 5.91 Å². The summed E-state index contributed by atoms with van der Waals surface area (Å²) in [7, 11) is 0. The predicted molar refractivity (Wildman–Crippen MR) is 94.5 cm³/mol. The van der Waals surface area contributed by atoms with E-state index in [2.05, 4.69) is 0 Å². The third-order valence-corrected chi connectivity index (χ3v) is 4.83. The van der Waals surface area contributed by atoms with Crippen molar-refractivity contribution in [2.24, 2.45) is 0 Å². The first kappa shape index (κ1) is 17.0. The van der Waals surface area contributed by atoms with Crippen LogP contribution in [0, 0.1) is 5.82 Å². The third-order valence-electron chi connectivity index (χ3n) is 4.58. The van der Waals surface area contributed by atoms with Gasteiger partial charge in [0, 0.05) is 18.0 Å². The van der Waals surface area contributed by atoms with Crippen LogP contribution < -0.4 is 0 Å². The van der Waals surface area contributed by atoms with Gasteiger partial charge in [-0.15, -0.1) is 0 Å². The Morgan fingerprint density at radius 1 is 1.21 bits per heavy atom. The molecule has 4 heteroatoms. The lowest BCUT2D eigenvalue weighted by Gasteiger charge is -2.25. The fraction of sp³-hybridized carbons (Fsp3) is 0.350. The van der Waals surface area contributed by atoms with Gasteiger partial charge < -0.3 is 4.90 Å². The van der Waals surface area contributed by atoms with Crippen LogP contribution >= 0.6 is 11.6 Å². The summed E-state index contributed by atoms with van der Waals surface area (Å²) in [6.45, 7) is 0.765. The predicted octanol–water partition coefficient (Wildman–Crippen LogP) is 5.17. The van der Waals surface area contributed by atoms with Crippen LogP contribution in [0.5, 0.6) is 0 Å².